The number of aliphatic carboxylic acids is 1. The van der Waals surface area contributed by atoms with Crippen LogP contribution in [0.15, 0.2) is 48.5 Å². The van der Waals surface area contributed by atoms with Crippen LogP contribution in [0.5, 0.6) is 0 Å². The topological polar surface area (TPSA) is 105 Å². The van der Waals surface area contributed by atoms with Crippen molar-refractivity contribution >= 4 is 18.0 Å². The smallest absolute Gasteiger partial charge is 0.407 e. The second kappa shape index (κ2) is 10.3. The number of carbonyl (C=O) groups excluding carboxylic acids is 2. The molecule has 7 heteroatoms. The summed E-state index contributed by atoms with van der Waals surface area (Å²) >= 11 is 0. The highest BCUT2D eigenvalue weighted by molar-refractivity contribution is 5.86. The second-order valence-corrected chi connectivity index (χ2v) is 9.68. The summed E-state index contributed by atoms with van der Waals surface area (Å²) in [5, 5.41) is 14.6. The van der Waals surface area contributed by atoms with Crippen molar-refractivity contribution < 1.29 is 24.2 Å². The average molecular weight is 465 g/mol. The van der Waals surface area contributed by atoms with E-state index in [0.29, 0.717) is 25.3 Å². The molecule has 7 nitrogen and oxygen atoms in total. The van der Waals surface area contributed by atoms with E-state index in [1.807, 2.05) is 24.3 Å². The Hall–Kier alpha value is -3.35. The molecule has 34 heavy (non-hydrogen) atoms. The maximum absolute atomic E-state index is 12.8. The SMILES string of the molecule is CC(C)CCC(NC(=O)OCC1c2ccccc2-c2ccccc21)C(=O)NC[C@H]1C[C@H]1C(=O)O. The van der Waals surface area contributed by atoms with Crippen LogP contribution in [0.4, 0.5) is 4.79 Å². The molecule has 1 unspecified atom stereocenters. The number of alkyl carbamates (subject to hydrolysis) is 1. The molecular formula is C27H32N2O5. The van der Waals surface area contributed by atoms with Gasteiger partial charge in [-0.25, -0.2) is 4.79 Å². The zero-order valence-corrected chi connectivity index (χ0v) is 19.6. The summed E-state index contributed by atoms with van der Waals surface area (Å²) in [6.45, 7) is 4.61. The van der Waals surface area contributed by atoms with Gasteiger partial charge in [0.15, 0.2) is 0 Å². The maximum Gasteiger partial charge on any atom is 0.407 e. The molecule has 4 rings (SSSR count). The number of fused-ring (bicyclic) bond motifs is 3. The Balaban J connectivity index is 1.35. The Kier molecular flexibility index (Phi) is 7.20. The van der Waals surface area contributed by atoms with Crippen molar-refractivity contribution in [1.82, 2.24) is 10.6 Å². The Morgan fingerprint density at radius 1 is 1.00 bits per heavy atom. The molecule has 1 fully saturated rings. The lowest BCUT2D eigenvalue weighted by atomic mass is 9.98. The maximum atomic E-state index is 12.8. The van der Waals surface area contributed by atoms with Crippen LogP contribution in [0.2, 0.25) is 0 Å². The summed E-state index contributed by atoms with van der Waals surface area (Å²) in [6.07, 6.45) is 1.20. The average Bonchev–Trinajstić information content (AvgIpc) is 3.54. The van der Waals surface area contributed by atoms with Gasteiger partial charge >= 0.3 is 12.1 Å². The van der Waals surface area contributed by atoms with Gasteiger partial charge in [0.1, 0.15) is 12.6 Å². The molecule has 0 heterocycles. The first-order chi connectivity index (χ1) is 16.3. The van der Waals surface area contributed by atoms with Gasteiger partial charge in [0.05, 0.1) is 5.92 Å². The number of ether oxygens (including phenoxy) is 1. The van der Waals surface area contributed by atoms with Gasteiger partial charge in [0.2, 0.25) is 5.91 Å². The number of nitrogens with one attached hydrogen (secondary N) is 2. The molecule has 2 aliphatic rings. The van der Waals surface area contributed by atoms with Gasteiger partial charge in [0, 0.05) is 12.5 Å². The first-order valence-electron chi connectivity index (χ1n) is 12.0. The predicted molar refractivity (Wildman–Crippen MR) is 128 cm³/mol. The van der Waals surface area contributed by atoms with Crippen molar-refractivity contribution in [3.63, 3.8) is 0 Å². The summed E-state index contributed by atoms with van der Waals surface area (Å²) in [5.41, 5.74) is 4.56. The summed E-state index contributed by atoms with van der Waals surface area (Å²) < 4.78 is 5.61. The number of carboxylic acid groups (broad SMARTS) is 1. The number of rotatable bonds is 10. The fraction of sp³-hybridized carbons (Fsp3) is 0.444. The lowest BCUT2D eigenvalue weighted by Crippen LogP contribution is -2.47. The number of amides is 2. The minimum absolute atomic E-state index is 0.0401. The van der Waals surface area contributed by atoms with Gasteiger partial charge in [-0.1, -0.05) is 62.4 Å². The fourth-order valence-corrected chi connectivity index (χ4v) is 4.68. The Labute approximate surface area is 199 Å². The van der Waals surface area contributed by atoms with E-state index in [1.165, 1.54) is 0 Å². The third-order valence-electron chi connectivity index (χ3n) is 6.76. The molecule has 1 saturated carbocycles. The summed E-state index contributed by atoms with van der Waals surface area (Å²) in [7, 11) is 0. The van der Waals surface area contributed by atoms with E-state index in [0.717, 1.165) is 28.7 Å². The second-order valence-electron chi connectivity index (χ2n) is 9.68. The number of hydrogen-bond donors (Lipinski definition) is 3. The number of benzene rings is 2. The van der Waals surface area contributed by atoms with E-state index in [4.69, 9.17) is 9.84 Å². The van der Waals surface area contributed by atoms with Crippen LogP contribution in [0.3, 0.4) is 0 Å². The summed E-state index contributed by atoms with van der Waals surface area (Å²) in [4.78, 5) is 36.5. The van der Waals surface area contributed by atoms with Crippen LogP contribution in [-0.2, 0) is 14.3 Å². The van der Waals surface area contributed by atoms with Crippen LogP contribution >= 0.6 is 0 Å². The Morgan fingerprint density at radius 2 is 1.62 bits per heavy atom. The molecule has 0 aromatic heterocycles. The Bertz CT molecular complexity index is 1020. The van der Waals surface area contributed by atoms with Crippen molar-refractivity contribution in [3.05, 3.63) is 59.7 Å². The molecule has 0 saturated heterocycles. The van der Waals surface area contributed by atoms with Crippen molar-refractivity contribution in [2.24, 2.45) is 17.8 Å². The summed E-state index contributed by atoms with van der Waals surface area (Å²) in [6, 6.07) is 15.5. The minimum atomic E-state index is -0.827. The summed E-state index contributed by atoms with van der Waals surface area (Å²) in [5.74, 6) is -1.23. The molecule has 3 atom stereocenters. The van der Waals surface area contributed by atoms with Gasteiger partial charge in [-0.15, -0.1) is 0 Å². The van der Waals surface area contributed by atoms with E-state index in [1.54, 1.807) is 0 Å². The highest BCUT2D eigenvalue weighted by Crippen LogP contribution is 2.44. The molecule has 180 valence electrons. The molecule has 0 radical (unpaired) electrons. The van der Waals surface area contributed by atoms with Crippen LogP contribution in [0.1, 0.15) is 50.2 Å². The van der Waals surface area contributed by atoms with Crippen LogP contribution in [0.25, 0.3) is 11.1 Å². The number of hydrogen-bond acceptors (Lipinski definition) is 4. The molecule has 0 spiro atoms. The van der Waals surface area contributed by atoms with Gasteiger partial charge < -0.3 is 20.5 Å². The lowest BCUT2D eigenvalue weighted by Gasteiger charge is -2.20. The van der Waals surface area contributed by atoms with Crippen LogP contribution in [0, 0.1) is 17.8 Å². The zero-order valence-electron chi connectivity index (χ0n) is 19.6. The number of carbonyl (C=O) groups is 3. The molecule has 0 bridgehead atoms. The molecular weight excluding hydrogens is 432 g/mol. The molecule has 3 N–H and O–H groups in total. The third-order valence-corrected chi connectivity index (χ3v) is 6.76. The van der Waals surface area contributed by atoms with E-state index >= 15 is 0 Å². The van der Waals surface area contributed by atoms with Gasteiger partial charge in [-0.2, -0.15) is 0 Å². The number of carboxylic acids is 1. The minimum Gasteiger partial charge on any atom is -0.481 e. The van der Waals surface area contributed by atoms with Crippen molar-refractivity contribution in [1.29, 1.82) is 0 Å². The third kappa shape index (κ3) is 5.41. The molecule has 2 amide bonds. The van der Waals surface area contributed by atoms with Crippen LogP contribution < -0.4 is 10.6 Å². The Morgan fingerprint density at radius 3 is 2.18 bits per heavy atom. The highest BCUT2D eigenvalue weighted by atomic mass is 16.5. The van der Waals surface area contributed by atoms with E-state index in [2.05, 4.69) is 48.7 Å². The van der Waals surface area contributed by atoms with Crippen molar-refractivity contribution in [3.8, 4) is 11.1 Å². The highest BCUT2D eigenvalue weighted by Gasteiger charge is 2.43. The van der Waals surface area contributed by atoms with Gasteiger partial charge in [0.25, 0.3) is 0 Å². The van der Waals surface area contributed by atoms with E-state index in [9.17, 15) is 14.4 Å². The van der Waals surface area contributed by atoms with Crippen molar-refractivity contribution in [2.75, 3.05) is 13.2 Å². The van der Waals surface area contributed by atoms with Gasteiger partial charge in [-0.3, -0.25) is 9.59 Å². The largest absolute Gasteiger partial charge is 0.481 e. The quantitative estimate of drug-likeness (QED) is 0.490. The monoisotopic (exact) mass is 464 g/mol. The van der Waals surface area contributed by atoms with E-state index in [-0.39, 0.29) is 30.3 Å². The molecule has 0 aliphatic heterocycles. The first-order valence-corrected chi connectivity index (χ1v) is 12.0. The lowest BCUT2D eigenvalue weighted by molar-refractivity contribution is -0.139. The standard InChI is InChI=1S/C27H32N2O5/c1-16(2)11-12-24(25(30)28-14-17-13-22(17)26(31)32)29-27(33)34-15-23-20-9-5-3-7-18(20)19-8-4-6-10-21(19)23/h3-10,16-17,22-24H,11-15H2,1-2H3,(H,28,30)(H,29,33)(H,31,32)/t17-,22-,24?/m1/s1. The van der Waals surface area contributed by atoms with Crippen LogP contribution in [-0.4, -0.2) is 42.3 Å². The predicted octanol–water partition coefficient (Wildman–Crippen LogP) is 4.17. The zero-order chi connectivity index (χ0) is 24.2. The fourth-order valence-electron chi connectivity index (χ4n) is 4.68. The normalized spacial score (nSPS) is 19.1. The first kappa shape index (κ1) is 23.8. The molecule has 2 aliphatic carbocycles. The van der Waals surface area contributed by atoms with Crippen molar-refractivity contribution in [2.45, 2.75) is 45.1 Å². The molecule has 2 aromatic carbocycles. The van der Waals surface area contributed by atoms with E-state index < -0.39 is 18.1 Å². The van der Waals surface area contributed by atoms with Gasteiger partial charge in [-0.05, 0) is 53.4 Å². The molecule has 2 aromatic rings.